The number of nitrogens with zero attached hydrogens (tertiary/aromatic N) is 2. The number of fused-ring (bicyclic) bond motifs is 1. The van der Waals surface area contributed by atoms with Crippen LogP contribution >= 0.6 is 22.9 Å². The molecule has 0 aliphatic heterocycles. The lowest BCUT2D eigenvalue weighted by atomic mass is 10.1. The molecule has 1 amide bonds. The highest BCUT2D eigenvalue weighted by Gasteiger charge is 2.18. The molecule has 0 atom stereocenters. The fraction of sp³-hybridized carbons (Fsp3) is 0.174. The van der Waals surface area contributed by atoms with Crippen LogP contribution in [0.1, 0.15) is 16.7 Å². The number of hydrogen-bond acceptors (Lipinski definition) is 4. The van der Waals surface area contributed by atoms with E-state index in [1.165, 1.54) is 15.9 Å². The second kappa shape index (κ2) is 8.17. The fourth-order valence-electron chi connectivity index (χ4n) is 3.39. The molecule has 0 saturated heterocycles. The summed E-state index contributed by atoms with van der Waals surface area (Å²) in [5.41, 5.74) is 3.42. The van der Waals surface area contributed by atoms with E-state index in [4.69, 9.17) is 11.6 Å². The summed E-state index contributed by atoms with van der Waals surface area (Å²) in [5, 5.41) is 4.90. The quantitative estimate of drug-likeness (QED) is 0.496. The lowest BCUT2D eigenvalue weighted by Gasteiger charge is -2.14. The van der Waals surface area contributed by atoms with Gasteiger partial charge in [0, 0.05) is 0 Å². The van der Waals surface area contributed by atoms with Gasteiger partial charge >= 0.3 is 5.69 Å². The molecule has 2 heterocycles. The molecule has 0 fully saturated rings. The molecule has 1 N–H and O–H groups in total. The number of halogens is 1. The first-order valence-electron chi connectivity index (χ1n) is 9.63. The summed E-state index contributed by atoms with van der Waals surface area (Å²) in [7, 11) is 0. The molecular formula is C23H20ClN3O3S. The molecule has 4 rings (SSSR count). The maximum absolute atomic E-state index is 13.3. The number of benzene rings is 2. The van der Waals surface area contributed by atoms with Crippen molar-refractivity contribution in [3.63, 3.8) is 0 Å². The van der Waals surface area contributed by atoms with Crippen molar-refractivity contribution < 1.29 is 4.79 Å². The molecule has 0 saturated carbocycles. The van der Waals surface area contributed by atoms with Gasteiger partial charge in [-0.1, -0.05) is 23.7 Å². The molecule has 0 aliphatic carbocycles. The maximum atomic E-state index is 13.3. The maximum Gasteiger partial charge on any atom is 0.336 e. The van der Waals surface area contributed by atoms with Crippen LogP contribution in [0.2, 0.25) is 5.02 Å². The Hall–Kier alpha value is -3.16. The molecule has 158 valence electrons. The van der Waals surface area contributed by atoms with Crippen LogP contribution in [0.4, 0.5) is 5.69 Å². The van der Waals surface area contributed by atoms with Gasteiger partial charge < -0.3 is 5.32 Å². The van der Waals surface area contributed by atoms with Gasteiger partial charge in [-0.25, -0.2) is 9.36 Å². The van der Waals surface area contributed by atoms with Crippen LogP contribution in [0, 0.1) is 20.8 Å². The van der Waals surface area contributed by atoms with E-state index in [2.05, 4.69) is 5.32 Å². The highest BCUT2D eigenvalue weighted by molar-refractivity contribution is 7.17. The van der Waals surface area contributed by atoms with E-state index < -0.39 is 17.2 Å². The average Bonchev–Trinajstić information content (AvgIpc) is 3.20. The van der Waals surface area contributed by atoms with Crippen molar-refractivity contribution in [2.75, 3.05) is 5.32 Å². The zero-order chi connectivity index (χ0) is 22.3. The Morgan fingerprint density at radius 1 is 1.03 bits per heavy atom. The number of carbonyl (C=O) groups excluding carboxylic acids is 1. The van der Waals surface area contributed by atoms with E-state index in [0.717, 1.165) is 21.3 Å². The molecule has 6 nitrogen and oxygen atoms in total. The van der Waals surface area contributed by atoms with Crippen molar-refractivity contribution in [3.05, 3.63) is 90.4 Å². The van der Waals surface area contributed by atoms with Gasteiger partial charge in [-0.15, -0.1) is 11.3 Å². The molecule has 0 spiro atoms. The second-order valence-electron chi connectivity index (χ2n) is 7.44. The van der Waals surface area contributed by atoms with E-state index in [1.54, 1.807) is 35.7 Å². The van der Waals surface area contributed by atoms with Crippen molar-refractivity contribution in [3.8, 4) is 5.69 Å². The number of rotatable bonds is 4. The summed E-state index contributed by atoms with van der Waals surface area (Å²) in [6.45, 7) is 5.54. The first-order valence-corrected chi connectivity index (χ1v) is 10.9. The molecule has 0 unspecified atom stereocenters. The molecule has 0 radical (unpaired) electrons. The van der Waals surface area contributed by atoms with Gasteiger partial charge in [0.25, 0.3) is 5.56 Å². The molecule has 2 aromatic heterocycles. The highest BCUT2D eigenvalue weighted by Crippen LogP contribution is 2.23. The lowest BCUT2D eigenvalue weighted by Crippen LogP contribution is -2.40. The number of anilines is 1. The first-order chi connectivity index (χ1) is 14.8. The predicted octanol–water partition coefficient (Wildman–Crippen LogP) is 4.43. The minimum absolute atomic E-state index is 0.249. The summed E-state index contributed by atoms with van der Waals surface area (Å²) in [4.78, 5) is 39.1. The van der Waals surface area contributed by atoms with Crippen molar-refractivity contribution in [2.45, 2.75) is 27.3 Å². The van der Waals surface area contributed by atoms with Crippen LogP contribution in [0.5, 0.6) is 0 Å². The highest BCUT2D eigenvalue weighted by atomic mass is 35.5. The van der Waals surface area contributed by atoms with Crippen molar-refractivity contribution >= 4 is 44.7 Å². The molecule has 0 aliphatic rings. The third kappa shape index (κ3) is 3.94. The number of carbonyl (C=O) groups is 1. The van der Waals surface area contributed by atoms with Crippen molar-refractivity contribution in [2.24, 2.45) is 0 Å². The lowest BCUT2D eigenvalue weighted by molar-refractivity contribution is -0.116. The Balaban J connectivity index is 1.80. The minimum atomic E-state index is -0.565. The van der Waals surface area contributed by atoms with Crippen LogP contribution in [0.3, 0.4) is 0 Å². The van der Waals surface area contributed by atoms with Crippen molar-refractivity contribution in [1.29, 1.82) is 0 Å². The Bertz CT molecular complexity index is 1450. The van der Waals surface area contributed by atoms with Gasteiger partial charge in [0.1, 0.15) is 11.2 Å². The third-order valence-corrected chi connectivity index (χ3v) is 6.41. The SMILES string of the molecule is Cc1ccc(NC(=O)Cn2c(=O)n(-c3ccc(C)c(C)c3)c(=O)c3sccc32)c(Cl)c1. The van der Waals surface area contributed by atoms with Gasteiger partial charge in [0.05, 0.1) is 21.9 Å². The van der Waals surface area contributed by atoms with E-state index in [0.29, 0.717) is 26.6 Å². The van der Waals surface area contributed by atoms with Gasteiger partial charge in [0.15, 0.2) is 0 Å². The Morgan fingerprint density at radius 3 is 2.52 bits per heavy atom. The normalized spacial score (nSPS) is 11.1. The molecule has 31 heavy (non-hydrogen) atoms. The zero-order valence-electron chi connectivity index (χ0n) is 17.2. The van der Waals surface area contributed by atoms with Gasteiger partial charge in [-0.05, 0) is 73.2 Å². The summed E-state index contributed by atoms with van der Waals surface area (Å²) in [6.07, 6.45) is 0. The summed E-state index contributed by atoms with van der Waals surface area (Å²) in [6, 6.07) is 12.4. The monoisotopic (exact) mass is 453 g/mol. The number of aromatic nitrogens is 2. The predicted molar refractivity (Wildman–Crippen MR) is 126 cm³/mol. The number of hydrogen-bond donors (Lipinski definition) is 1. The Labute approximate surface area is 187 Å². The summed E-state index contributed by atoms with van der Waals surface area (Å²) >= 11 is 7.45. The average molecular weight is 454 g/mol. The largest absolute Gasteiger partial charge is 0.336 e. The van der Waals surface area contributed by atoms with E-state index in [9.17, 15) is 14.4 Å². The van der Waals surface area contributed by atoms with Crippen molar-refractivity contribution in [1.82, 2.24) is 9.13 Å². The molecule has 8 heteroatoms. The topological polar surface area (TPSA) is 73.1 Å². The van der Waals surface area contributed by atoms with Crippen LogP contribution in [-0.4, -0.2) is 15.0 Å². The Kier molecular flexibility index (Phi) is 5.56. The van der Waals surface area contributed by atoms with E-state index in [1.807, 2.05) is 32.9 Å². The van der Waals surface area contributed by atoms with Gasteiger partial charge in [-0.2, -0.15) is 0 Å². The fourth-order valence-corrected chi connectivity index (χ4v) is 4.49. The second-order valence-corrected chi connectivity index (χ2v) is 8.77. The smallest absolute Gasteiger partial charge is 0.323 e. The van der Waals surface area contributed by atoms with Crippen LogP contribution in [0.15, 0.2) is 57.4 Å². The van der Waals surface area contributed by atoms with E-state index in [-0.39, 0.29) is 6.54 Å². The minimum Gasteiger partial charge on any atom is -0.323 e. The molecule has 2 aromatic carbocycles. The van der Waals surface area contributed by atoms with Gasteiger partial charge in [-0.3, -0.25) is 14.2 Å². The summed E-state index contributed by atoms with van der Waals surface area (Å²) in [5.74, 6) is -0.411. The van der Waals surface area contributed by atoms with Gasteiger partial charge in [0.2, 0.25) is 5.91 Å². The molecular weight excluding hydrogens is 434 g/mol. The number of amides is 1. The number of thiophene rings is 1. The first kappa shape index (κ1) is 21.1. The van der Waals surface area contributed by atoms with Crippen LogP contribution < -0.4 is 16.6 Å². The standard InChI is InChI=1S/C23H20ClN3O3S/c1-13-4-7-18(17(24)10-13)25-20(28)12-26-19-8-9-31-21(19)22(29)27(23(26)30)16-6-5-14(2)15(3)11-16/h4-11H,12H2,1-3H3,(H,25,28). The summed E-state index contributed by atoms with van der Waals surface area (Å²) < 4.78 is 2.86. The Morgan fingerprint density at radius 2 is 1.81 bits per heavy atom. The zero-order valence-corrected chi connectivity index (χ0v) is 18.8. The van der Waals surface area contributed by atoms with Crippen LogP contribution in [0.25, 0.3) is 15.9 Å². The molecule has 4 aromatic rings. The molecule has 0 bridgehead atoms. The van der Waals surface area contributed by atoms with E-state index >= 15 is 0 Å². The number of aryl methyl sites for hydroxylation is 3. The number of nitrogens with one attached hydrogen (secondary N) is 1. The third-order valence-electron chi connectivity index (χ3n) is 5.20. The van der Waals surface area contributed by atoms with Crippen LogP contribution in [-0.2, 0) is 11.3 Å².